The number of benzene rings is 1. The number of aryl methyl sites for hydroxylation is 1. The zero-order chi connectivity index (χ0) is 12.4. The number of nitrogens with one attached hydrogen (secondary N) is 1. The number of hydrogen-bond acceptors (Lipinski definition) is 3. The van der Waals surface area contributed by atoms with Crippen LogP contribution in [0.4, 0.5) is 0 Å². The molecule has 0 atom stereocenters. The van der Waals surface area contributed by atoms with Crippen molar-refractivity contribution in [2.24, 2.45) is 0 Å². The number of piperazine rings is 1. The summed E-state index contributed by atoms with van der Waals surface area (Å²) < 4.78 is 0. The summed E-state index contributed by atoms with van der Waals surface area (Å²) >= 11 is 0. The largest absolute Gasteiger partial charge is 0.314 e. The van der Waals surface area contributed by atoms with Crippen LogP contribution < -0.4 is 5.32 Å². The molecule has 1 N–H and O–H groups in total. The number of nitrogens with zero attached hydrogens (tertiary/aromatic N) is 2. The maximum atomic E-state index is 4.54. The van der Waals surface area contributed by atoms with Crippen molar-refractivity contribution in [3.63, 3.8) is 0 Å². The first-order chi connectivity index (χ1) is 8.81. The lowest BCUT2D eigenvalue weighted by atomic mass is 10.1. The number of fused-ring (bicyclic) bond motifs is 1. The lowest BCUT2D eigenvalue weighted by molar-refractivity contribution is 0.233. The molecule has 1 aromatic carbocycles. The Hall–Kier alpha value is -1.45. The predicted molar refractivity (Wildman–Crippen MR) is 74.6 cm³/mol. The van der Waals surface area contributed by atoms with Crippen molar-refractivity contribution in [3.8, 4) is 0 Å². The van der Waals surface area contributed by atoms with Crippen LogP contribution in [-0.4, -0.2) is 36.1 Å². The van der Waals surface area contributed by atoms with E-state index in [4.69, 9.17) is 0 Å². The monoisotopic (exact) mass is 241 g/mol. The van der Waals surface area contributed by atoms with E-state index >= 15 is 0 Å². The van der Waals surface area contributed by atoms with E-state index in [0.717, 1.165) is 43.9 Å². The van der Waals surface area contributed by atoms with Gasteiger partial charge in [0.05, 0.1) is 5.52 Å². The molecule has 3 rings (SSSR count). The molecule has 0 bridgehead atoms. The van der Waals surface area contributed by atoms with Gasteiger partial charge in [-0.25, -0.2) is 0 Å². The van der Waals surface area contributed by atoms with Crippen molar-refractivity contribution in [2.45, 2.75) is 13.5 Å². The number of hydrogen-bond donors (Lipinski definition) is 1. The molecule has 0 amide bonds. The van der Waals surface area contributed by atoms with Gasteiger partial charge in [0.15, 0.2) is 0 Å². The molecule has 1 fully saturated rings. The maximum absolute atomic E-state index is 4.54. The fourth-order valence-corrected chi connectivity index (χ4v) is 2.50. The van der Waals surface area contributed by atoms with E-state index in [1.54, 1.807) is 0 Å². The second kappa shape index (κ2) is 5.04. The average molecular weight is 241 g/mol. The van der Waals surface area contributed by atoms with Gasteiger partial charge in [0.1, 0.15) is 0 Å². The Morgan fingerprint density at radius 1 is 1.17 bits per heavy atom. The van der Waals surface area contributed by atoms with Crippen LogP contribution in [0.1, 0.15) is 11.3 Å². The Bertz CT molecular complexity index is 544. The zero-order valence-corrected chi connectivity index (χ0v) is 10.8. The Morgan fingerprint density at radius 3 is 2.83 bits per heavy atom. The molecule has 1 aliphatic rings. The minimum Gasteiger partial charge on any atom is -0.314 e. The van der Waals surface area contributed by atoms with Crippen LogP contribution in [0.3, 0.4) is 0 Å². The van der Waals surface area contributed by atoms with Gasteiger partial charge in [-0.1, -0.05) is 12.1 Å². The summed E-state index contributed by atoms with van der Waals surface area (Å²) in [5.41, 5.74) is 3.56. The Labute approximate surface area is 108 Å². The maximum Gasteiger partial charge on any atom is 0.0705 e. The molecule has 2 aromatic rings. The smallest absolute Gasteiger partial charge is 0.0705 e. The van der Waals surface area contributed by atoms with Crippen molar-refractivity contribution < 1.29 is 0 Å². The topological polar surface area (TPSA) is 28.2 Å². The average Bonchev–Trinajstić information content (AvgIpc) is 2.40. The van der Waals surface area contributed by atoms with E-state index in [-0.39, 0.29) is 0 Å². The molecule has 3 heteroatoms. The first kappa shape index (κ1) is 11.6. The molecule has 0 spiro atoms. The minimum absolute atomic E-state index is 1.05. The summed E-state index contributed by atoms with van der Waals surface area (Å²) in [6.45, 7) is 7.58. The summed E-state index contributed by atoms with van der Waals surface area (Å²) in [4.78, 5) is 7.04. The molecule has 3 nitrogen and oxygen atoms in total. The first-order valence-electron chi connectivity index (χ1n) is 6.61. The fraction of sp³-hybridized carbons (Fsp3) is 0.400. The van der Waals surface area contributed by atoms with E-state index in [1.165, 1.54) is 10.9 Å². The standard InChI is InChI=1S/C15H19N3/c1-12-2-4-14-10-13(3-5-15(14)17-12)11-18-8-6-16-7-9-18/h2-5,10,16H,6-9,11H2,1H3. The highest BCUT2D eigenvalue weighted by Crippen LogP contribution is 2.16. The molecule has 0 unspecified atom stereocenters. The van der Waals surface area contributed by atoms with Gasteiger partial charge in [-0.2, -0.15) is 0 Å². The summed E-state index contributed by atoms with van der Waals surface area (Å²) in [5, 5.41) is 4.63. The van der Waals surface area contributed by atoms with Gasteiger partial charge in [-0.15, -0.1) is 0 Å². The van der Waals surface area contributed by atoms with Gasteiger partial charge in [-0.3, -0.25) is 9.88 Å². The van der Waals surface area contributed by atoms with E-state index in [1.807, 2.05) is 6.92 Å². The zero-order valence-electron chi connectivity index (χ0n) is 10.8. The summed E-state index contributed by atoms with van der Waals surface area (Å²) in [6.07, 6.45) is 0. The normalized spacial score (nSPS) is 17.2. The van der Waals surface area contributed by atoms with Crippen LogP contribution in [0.15, 0.2) is 30.3 Å². The summed E-state index contributed by atoms with van der Waals surface area (Å²) in [7, 11) is 0. The first-order valence-corrected chi connectivity index (χ1v) is 6.61. The van der Waals surface area contributed by atoms with Crippen molar-refractivity contribution in [2.75, 3.05) is 26.2 Å². The molecule has 0 aliphatic carbocycles. The molecule has 1 aliphatic heterocycles. The van der Waals surface area contributed by atoms with E-state index in [2.05, 4.69) is 45.5 Å². The van der Waals surface area contributed by atoms with Gasteiger partial charge in [0.25, 0.3) is 0 Å². The lowest BCUT2D eigenvalue weighted by Crippen LogP contribution is -2.42. The third-order valence-corrected chi connectivity index (χ3v) is 3.51. The van der Waals surface area contributed by atoms with Gasteiger partial charge >= 0.3 is 0 Å². The quantitative estimate of drug-likeness (QED) is 0.871. The molecule has 0 saturated carbocycles. The highest BCUT2D eigenvalue weighted by Gasteiger charge is 2.10. The minimum atomic E-state index is 1.05. The highest BCUT2D eigenvalue weighted by molar-refractivity contribution is 5.79. The van der Waals surface area contributed by atoms with Crippen molar-refractivity contribution in [1.29, 1.82) is 0 Å². The molecular weight excluding hydrogens is 222 g/mol. The summed E-state index contributed by atoms with van der Waals surface area (Å²) in [6, 6.07) is 10.9. The Kier molecular flexibility index (Phi) is 3.26. The van der Waals surface area contributed by atoms with Crippen molar-refractivity contribution >= 4 is 10.9 Å². The third-order valence-electron chi connectivity index (χ3n) is 3.51. The van der Waals surface area contributed by atoms with Gasteiger partial charge < -0.3 is 5.32 Å². The molecule has 18 heavy (non-hydrogen) atoms. The van der Waals surface area contributed by atoms with Crippen LogP contribution >= 0.6 is 0 Å². The van der Waals surface area contributed by atoms with Gasteiger partial charge in [-0.05, 0) is 30.7 Å². The van der Waals surface area contributed by atoms with Crippen LogP contribution in [0.5, 0.6) is 0 Å². The Morgan fingerprint density at radius 2 is 2.00 bits per heavy atom. The van der Waals surface area contributed by atoms with E-state index in [9.17, 15) is 0 Å². The molecule has 94 valence electrons. The second-order valence-electron chi connectivity index (χ2n) is 5.01. The van der Waals surface area contributed by atoms with Crippen LogP contribution in [-0.2, 0) is 6.54 Å². The molecule has 1 saturated heterocycles. The van der Waals surface area contributed by atoms with Crippen molar-refractivity contribution in [1.82, 2.24) is 15.2 Å². The van der Waals surface area contributed by atoms with Gasteiger partial charge in [0.2, 0.25) is 0 Å². The highest BCUT2D eigenvalue weighted by atomic mass is 15.2. The second-order valence-corrected chi connectivity index (χ2v) is 5.01. The molecule has 2 heterocycles. The van der Waals surface area contributed by atoms with Crippen LogP contribution in [0.25, 0.3) is 10.9 Å². The van der Waals surface area contributed by atoms with Crippen molar-refractivity contribution in [3.05, 3.63) is 41.6 Å². The SMILES string of the molecule is Cc1ccc2cc(CN3CCNCC3)ccc2n1. The van der Waals surface area contributed by atoms with Crippen LogP contribution in [0, 0.1) is 6.92 Å². The number of aromatic nitrogens is 1. The predicted octanol–water partition coefficient (Wildman–Crippen LogP) is 1.95. The molecule has 0 radical (unpaired) electrons. The van der Waals surface area contributed by atoms with E-state index in [0.29, 0.717) is 0 Å². The van der Waals surface area contributed by atoms with Gasteiger partial charge in [0, 0.05) is 43.8 Å². The number of rotatable bonds is 2. The van der Waals surface area contributed by atoms with Crippen LogP contribution in [0.2, 0.25) is 0 Å². The fourth-order valence-electron chi connectivity index (χ4n) is 2.50. The van der Waals surface area contributed by atoms with E-state index < -0.39 is 0 Å². The number of pyridine rings is 1. The molecular formula is C15H19N3. The molecule has 1 aromatic heterocycles. The summed E-state index contributed by atoms with van der Waals surface area (Å²) in [5.74, 6) is 0. The lowest BCUT2D eigenvalue weighted by Gasteiger charge is -2.27. The Balaban J connectivity index is 1.82. The third kappa shape index (κ3) is 2.52.